The summed E-state index contributed by atoms with van der Waals surface area (Å²) in [5.41, 5.74) is -0.463. The molecule has 4 nitrogen and oxygen atoms in total. The van der Waals surface area contributed by atoms with Crippen LogP contribution in [0.3, 0.4) is 0 Å². The third-order valence-electron chi connectivity index (χ3n) is 5.33. The third kappa shape index (κ3) is 3.17. The molecule has 2 heterocycles. The molecule has 0 radical (unpaired) electrons. The number of amides is 1. The number of hydrogen-bond donors (Lipinski definition) is 1. The van der Waals surface area contributed by atoms with Crippen molar-refractivity contribution in [2.75, 3.05) is 26.2 Å². The fourth-order valence-electron chi connectivity index (χ4n) is 4.27. The minimum Gasteiger partial charge on any atom is -0.389 e. The second-order valence-corrected chi connectivity index (χ2v) is 7.01. The molecule has 1 N–H and O–H groups in total. The van der Waals surface area contributed by atoms with Crippen LogP contribution in [0, 0.1) is 0 Å². The van der Waals surface area contributed by atoms with E-state index in [4.69, 9.17) is 0 Å². The second-order valence-electron chi connectivity index (χ2n) is 7.01. The molecule has 1 saturated carbocycles. The molecule has 2 aliphatic heterocycles. The number of aliphatic hydroxyl groups is 1. The lowest BCUT2D eigenvalue weighted by Crippen LogP contribution is -2.53. The van der Waals surface area contributed by atoms with Gasteiger partial charge in [0.2, 0.25) is 5.91 Å². The van der Waals surface area contributed by atoms with Gasteiger partial charge in [-0.15, -0.1) is 0 Å². The molecule has 0 aromatic rings. The van der Waals surface area contributed by atoms with E-state index in [1.54, 1.807) is 0 Å². The second kappa shape index (κ2) is 6.02. The predicted molar refractivity (Wildman–Crippen MR) is 78.4 cm³/mol. The van der Waals surface area contributed by atoms with E-state index in [1.807, 2.05) is 0 Å². The van der Waals surface area contributed by atoms with Gasteiger partial charge in [-0.25, -0.2) is 0 Å². The summed E-state index contributed by atoms with van der Waals surface area (Å²) in [7, 11) is 0. The van der Waals surface area contributed by atoms with Gasteiger partial charge in [-0.1, -0.05) is 19.3 Å². The third-order valence-corrected chi connectivity index (χ3v) is 5.33. The summed E-state index contributed by atoms with van der Waals surface area (Å²) in [6.07, 6.45) is 9.57. The molecular weight excluding hydrogens is 252 g/mol. The van der Waals surface area contributed by atoms with Crippen LogP contribution in [-0.4, -0.2) is 58.6 Å². The van der Waals surface area contributed by atoms with Crippen LogP contribution < -0.4 is 0 Å². The highest BCUT2D eigenvalue weighted by Crippen LogP contribution is 2.30. The van der Waals surface area contributed by atoms with Gasteiger partial charge in [0, 0.05) is 32.1 Å². The summed E-state index contributed by atoms with van der Waals surface area (Å²) in [6, 6.07) is 0.394. The number of β-amino-alcohol motifs (C(OH)–C–C–N with tert-alkyl or cyclic N) is 1. The first-order valence-electron chi connectivity index (χ1n) is 8.41. The number of nitrogens with zero attached hydrogens (tertiary/aromatic N) is 2. The fourth-order valence-corrected chi connectivity index (χ4v) is 4.27. The van der Waals surface area contributed by atoms with Crippen molar-refractivity contribution in [3.63, 3.8) is 0 Å². The van der Waals surface area contributed by atoms with Gasteiger partial charge in [0.1, 0.15) is 0 Å². The van der Waals surface area contributed by atoms with Crippen LogP contribution >= 0.6 is 0 Å². The van der Waals surface area contributed by atoms with E-state index in [1.165, 1.54) is 19.3 Å². The lowest BCUT2D eigenvalue weighted by molar-refractivity contribution is -0.131. The summed E-state index contributed by atoms with van der Waals surface area (Å²) in [6.45, 7) is 3.81. The Morgan fingerprint density at radius 1 is 1.10 bits per heavy atom. The van der Waals surface area contributed by atoms with Crippen molar-refractivity contribution in [2.24, 2.45) is 0 Å². The maximum Gasteiger partial charge on any atom is 0.222 e. The standard InChI is InChI=1S/C16H28N2O2/c19-15-7-5-11-18(15)14-6-4-10-17(12-14)13-16(20)8-2-1-3-9-16/h14,20H,1-13H2. The summed E-state index contributed by atoms with van der Waals surface area (Å²) < 4.78 is 0. The fraction of sp³-hybridized carbons (Fsp3) is 0.938. The molecule has 0 spiro atoms. The predicted octanol–water partition coefficient (Wildman–Crippen LogP) is 1.77. The van der Waals surface area contributed by atoms with Gasteiger partial charge in [0.05, 0.1) is 5.60 Å². The maximum atomic E-state index is 11.9. The van der Waals surface area contributed by atoms with Crippen molar-refractivity contribution in [2.45, 2.75) is 69.4 Å². The molecule has 0 aromatic carbocycles. The molecule has 114 valence electrons. The molecule has 2 saturated heterocycles. The highest BCUT2D eigenvalue weighted by molar-refractivity contribution is 5.78. The first kappa shape index (κ1) is 14.3. The Hall–Kier alpha value is -0.610. The first-order valence-corrected chi connectivity index (χ1v) is 8.41. The van der Waals surface area contributed by atoms with Crippen molar-refractivity contribution < 1.29 is 9.90 Å². The maximum absolute atomic E-state index is 11.9. The average Bonchev–Trinajstić information content (AvgIpc) is 2.85. The molecule has 20 heavy (non-hydrogen) atoms. The zero-order valence-corrected chi connectivity index (χ0v) is 12.5. The summed E-state index contributed by atoms with van der Waals surface area (Å²) in [4.78, 5) is 16.4. The highest BCUT2D eigenvalue weighted by atomic mass is 16.3. The normalized spacial score (nSPS) is 31.8. The van der Waals surface area contributed by atoms with Gasteiger partial charge in [0.15, 0.2) is 0 Å². The SMILES string of the molecule is O=C1CCCN1C1CCCN(CC2(O)CCCCC2)C1. The van der Waals surface area contributed by atoms with Crippen LogP contribution in [0.2, 0.25) is 0 Å². The topological polar surface area (TPSA) is 43.8 Å². The van der Waals surface area contributed by atoms with E-state index in [-0.39, 0.29) is 0 Å². The molecule has 0 bridgehead atoms. The van der Waals surface area contributed by atoms with Crippen molar-refractivity contribution >= 4 is 5.91 Å². The number of likely N-dealkylation sites (tertiary alicyclic amines) is 2. The molecule has 1 unspecified atom stereocenters. The highest BCUT2D eigenvalue weighted by Gasteiger charge is 2.35. The van der Waals surface area contributed by atoms with Crippen LogP contribution in [0.15, 0.2) is 0 Å². The summed E-state index contributed by atoms with van der Waals surface area (Å²) >= 11 is 0. The lowest BCUT2D eigenvalue weighted by atomic mass is 9.84. The van der Waals surface area contributed by atoms with Crippen LogP contribution in [0.1, 0.15) is 57.8 Å². The van der Waals surface area contributed by atoms with Gasteiger partial charge >= 0.3 is 0 Å². The molecule has 1 amide bonds. The van der Waals surface area contributed by atoms with Gasteiger partial charge in [-0.2, -0.15) is 0 Å². The quantitative estimate of drug-likeness (QED) is 0.857. The summed E-state index contributed by atoms with van der Waals surface area (Å²) in [5, 5.41) is 10.7. The van der Waals surface area contributed by atoms with E-state index < -0.39 is 5.60 Å². The van der Waals surface area contributed by atoms with E-state index in [9.17, 15) is 9.90 Å². The summed E-state index contributed by atoms with van der Waals surface area (Å²) in [5.74, 6) is 0.341. The van der Waals surface area contributed by atoms with Crippen molar-refractivity contribution in [1.82, 2.24) is 9.80 Å². The Kier molecular flexibility index (Phi) is 4.32. The van der Waals surface area contributed by atoms with Crippen molar-refractivity contribution in [3.05, 3.63) is 0 Å². The minimum atomic E-state index is -0.463. The first-order chi connectivity index (χ1) is 9.66. The van der Waals surface area contributed by atoms with E-state index >= 15 is 0 Å². The zero-order valence-electron chi connectivity index (χ0n) is 12.5. The van der Waals surface area contributed by atoms with Crippen molar-refractivity contribution in [1.29, 1.82) is 0 Å². The van der Waals surface area contributed by atoms with Crippen LogP contribution in [0.5, 0.6) is 0 Å². The molecule has 3 fully saturated rings. The molecule has 1 atom stereocenters. The van der Waals surface area contributed by atoms with Gasteiger partial charge in [-0.3, -0.25) is 9.69 Å². The van der Waals surface area contributed by atoms with Gasteiger partial charge < -0.3 is 10.0 Å². The number of hydrogen-bond acceptors (Lipinski definition) is 3. The monoisotopic (exact) mass is 280 g/mol. The number of carbonyl (C=O) groups is 1. The molecule has 4 heteroatoms. The number of rotatable bonds is 3. The number of piperidine rings is 1. The van der Waals surface area contributed by atoms with E-state index in [0.29, 0.717) is 11.9 Å². The molecule has 0 aromatic heterocycles. The van der Waals surface area contributed by atoms with Gasteiger partial charge in [-0.05, 0) is 38.6 Å². The molecule has 1 aliphatic carbocycles. The zero-order chi connectivity index (χ0) is 14.0. The molecular formula is C16H28N2O2. The largest absolute Gasteiger partial charge is 0.389 e. The Morgan fingerprint density at radius 3 is 2.60 bits per heavy atom. The average molecular weight is 280 g/mol. The molecule has 3 rings (SSSR count). The smallest absolute Gasteiger partial charge is 0.222 e. The van der Waals surface area contributed by atoms with Crippen LogP contribution in [-0.2, 0) is 4.79 Å². The van der Waals surface area contributed by atoms with Crippen LogP contribution in [0.25, 0.3) is 0 Å². The molecule has 3 aliphatic rings. The van der Waals surface area contributed by atoms with Gasteiger partial charge in [0.25, 0.3) is 0 Å². The Labute approximate surface area is 122 Å². The Balaban J connectivity index is 1.56. The van der Waals surface area contributed by atoms with Crippen molar-refractivity contribution in [3.8, 4) is 0 Å². The lowest BCUT2D eigenvalue weighted by Gasteiger charge is -2.42. The van der Waals surface area contributed by atoms with E-state index in [2.05, 4.69) is 9.80 Å². The van der Waals surface area contributed by atoms with E-state index in [0.717, 1.165) is 64.7 Å². The minimum absolute atomic E-state index is 0.341. The number of carbonyl (C=O) groups excluding carboxylic acids is 1. The van der Waals surface area contributed by atoms with Crippen LogP contribution in [0.4, 0.5) is 0 Å². The Morgan fingerprint density at radius 2 is 1.90 bits per heavy atom. The Bertz CT molecular complexity index is 352.